The molecule has 0 saturated carbocycles. The van der Waals surface area contributed by atoms with E-state index in [0.717, 1.165) is 6.42 Å². The first-order valence-corrected chi connectivity index (χ1v) is 3.24. The zero-order valence-corrected chi connectivity index (χ0v) is 6.00. The molecule has 0 aromatic heterocycles. The monoisotopic (exact) mass is 133 g/mol. The Kier molecular flexibility index (Phi) is 4.67. The normalized spacial score (nSPS) is 17.3. The van der Waals surface area contributed by atoms with Crippen LogP contribution in [0.4, 0.5) is 0 Å². The largest absolute Gasteiger partial charge is 0.325 e. The predicted molar refractivity (Wildman–Crippen MR) is 36.0 cm³/mol. The van der Waals surface area contributed by atoms with Gasteiger partial charge in [-0.1, -0.05) is 20.3 Å². The molecule has 0 aliphatic rings. The van der Waals surface area contributed by atoms with Gasteiger partial charge >= 0.3 is 0 Å². The summed E-state index contributed by atoms with van der Waals surface area (Å²) < 4.78 is 0. The standard InChI is InChI=1S/C6H15NO2/c1-3-5(2)6(7)4-9-8/h5-6,8H,3-4,7H2,1-2H3/t5-,6?/m0/s1. The van der Waals surface area contributed by atoms with Crippen molar-refractivity contribution in [3.63, 3.8) is 0 Å². The molecule has 0 aromatic carbocycles. The highest BCUT2D eigenvalue weighted by atomic mass is 17.1. The number of hydrogen-bond donors (Lipinski definition) is 2. The van der Waals surface area contributed by atoms with Gasteiger partial charge in [0.1, 0.15) is 0 Å². The van der Waals surface area contributed by atoms with Gasteiger partial charge in [-0.05, 0) is 5.92 Å². The molecule has 0 aliphatic heterocycles. The summed E-state index contributed by atoms with van der Waals surface area (Å²) in [6, 6.07) is -0.0417. The van der Waals surface area contributed by atoms with Crippen molar-refractivity contribution in [2.24, 2.45) is 11.7 Å². The van der Waals surface area contributed by atoms with Gasteiger partial charge in [0.05, 0.1) is 6.61 Å². The first kappa shape index (κ1) is 8.88. The Hall–Kier alpha value is -0.120. The summed E-state index contributed by atoms with van der Waals surface area (Å²) in [4.78, 5) is 3.90. The Morgan fingerprint density at radius 2 is 2.22 bits per heavy atom. The molecular weight excluding hydrogens is 118 g/mol. The topological polar surface area (TPSA) is 55.5 Å². The molecule has 3 nitrogen and oxygen atoms in total. The van der Waals surface area contributed by atoms with E-state index >= 15 is 0 Å². The lowest BCUT2D eigenvalue weighted by Gasteiger charge is -2.15. The van der Waals surface area contributed by atoms with Crippen molar-refractivity contribution in [3.8, 4) is 0 Å². The Labute approximate surface area is 55.7 Å². The van der Waals surface area contributed by atoms with Crippen molar-refractivity contribution in [1.82, 2.24) is 0 Å². The average molecular weight is 133 g/mol. The zero-order valence-electron chi connectivity index (χ0n) is 6.00. The summed E-state index contributed by atoms with van der Waals surface area (Å²) in [5.74, 6) is 0.414. The van der Waals surface area contributed by atoms with Crippen molar-refractivity contribution in [2.45, 2.75) is 26.3 Å². The number of rotatable bonds is 4. The molecule has 0 aliphatic carbocycles. The Morgan fingerprint density at radius 3 is 2.56 bits per heavy atom. The van der Waals surface area contributed by atoms with Crippen LogP contribution in [0.5, 0.6) is 0 Å². The fourth-order valence-corrected chi connectivity index (χ4v) is 0.553. The van der Waals surface area contributed by atoms with Crippen molar-refractivity contribution in [3.05, 3.63) is 0 Å². The quantitative estimate of drug-likeness (QED) is 0.441. The van der Waals surface area contributed by atoms with Crippen LogP contribution in [0.1, 0.15) is 20.3 Å². The van der Waals surface area contributed by atoms with Crippen LogP contribution in [0.25, 0.3) is 0 Å². The molecule has 2 atom stereocenters. The smallest absolute Gasteiger partial charge is 0.0973 e. The Morgan fingerprint density at radius 1 is 1.67 bits per heavy atom. The third-order valence-electron chi connectivity index (χ3n) is 1.64. The molecule has 3 heteroatoms. The van der Waals surface area contributed by atoms with E-state index in [0.29, 0.717) is 5.92 Å². The van der Waals surface area contributed by atoms with Crippen LogP contribution in [0.3, 0.4) is 0 Å². The molecule has 0 spiro atoms. The van der Waals surface area contributed by atoms with E-state index in [4.69, 9.17) is 11.0 Å². The fourth-order valence-electron chi connectivity index (χ4n) is 0.553. The van der Waals surface area contributed by atoms with Crippen LogP contribution in [0.15, 0.2) is 0 Å². The molecule has 0 aromatic rings. The molecule has 0 rings (SSSR count). The molecule has 9 heavy (non-hydrogen) atoms. The minimum Gasteiger partial charge on any atom is -0.325 e. The molecule has 0 heterocycles. The summed E-state index contributed by atoms with van der Waals surface area (Å²) >= 11 is 0. The third-order valence-corrected chi connectivity index (χ3v) is 1.64. The maximum atomic E-state index is 8.00. The highest BCUT2D eigenvalue weighted by molar-refractivity contribution is 4.65. The van der Waals surface area contributed by atoms with Gasteiger partial charge in [0.25, 0.3) is 0 Å². The SMILES string of the molecule is CC[C@H](C)C(N)COO. The summed E-state index contributed by atoms with van der Waals surface area (Å²) in [5, 5.41) is 8.00. The van der Waals surface area contributed by atoms with Gasteiger partial charge in [0.2, 0.25) is 0 Å². The van der Waals surface area contributed by atoms with Crippen molar-refractivity contribution >= 4 is 0 Å². The second kappa shape index (κ2) is 4.73. The van der Waals surface area contributed by atoms with Gasteiger partial charge in [0, 0.05) is 6.04 Å². The summed E-state index contributed by atoms with van der Waals surface area (Å²) in [5.41, 5.74) is 5.55. The number of hydrogen-bond acceptors (Lipinski definition) is 3. The summed E-state index contributed by atoms with van der Waals surface area (Å²) in [6.45, 7) is 4.32. The average Bonchev–Trinajstić information content (AvgIpc) is 1.87. The third kappa shape index (κ3) is 3.46. The van der Waals surface area contributed by atoms with Gasteiger partial charge in [-0.15, -0.1) is 0 Å². The predicted octanol–water partition coefficient (Wildman–Crippen LogP) is 0.849. The fraction of sp³-hybridized carbons (Fsp3) is 1.00. The maximum absolute atomic E-state index is 8.00. The Bertz CT molecular complexity index is 68.1. The second-order valence-corrected chi connectivity index (χ2v) is 2.35. The van der Waals surface area contributed by atoms with E-state index in [2.05, 4.69) is 11.8 Å². The van der Waals surface area contributed by atoms with Crippen LogP contribution in [-0.4, -0.2) is 17.9 Å². The highest BCUT2D eigenvalue weighted by Crippen LogP contribution is 2.04. The van der Waals surface area contributed by atoms with E-state index in [1.165, 1.54) is 0 Å². The van der Waals surface area contributed by atoms with Crippen LogP contribution in [0.2, 0.25) is 0 Å². The summed E-state index contributed by atoms with van der Waals surface area (Å²) in [7, 11) is 0. The molecule has 0 fully saturated rings. The van der Waals surface area contributed by atoms with Crippen LogP contribution in [-0.2, 0) is 4.89 Å². The van der Waals surface area contributed by atoms with Gasteiger partial charge in [-0.25, -0.2) is 4.89 Å². The molecule has 0 saturated heterocycles. The first-order chi connectivity index (χ1) is 4.22. The lowest BCUT2D eigenvalue weighted by Crippen LogP contribution is -2.32. The summed E-state index contributed by atoms with van der Waals surface area (Å²) in [6.07, 6.45) is 1.02. The van der Waals surface area contributed by atoms with E-state index in [1.54, 1.807) is 0 Å². The minimum absolute atomic E-state index is 0.0417. The van der Waals surface area contributed by atoms with E-state index in [9.17, 15) is 0 Å². The zero-order chi connectivity index (χ0) is 7.28. The van der Waals surface area contributed by atoms with Crippen LogP contribution < -0.4 is 5.73 Å². The van der Waals surface area contributed by atoms with E-state index in [-0.39, 0.29) is 12.6 Å². The van der Waals surface area contributed by atoms with E-state index < -0.39 is 0 Å². The van der Waals surface area contributed by atoms with Crippen molar-refractivity contribution in [2.75, 3.05) is 6.61 Å². The minimum atomic E-state index is -0.0417. The lowest BCUT2D eigenvalue weighted by molar-refractivity contribution is -0.247. The molecule has 3 N–H and O–H groups in total. The maximum Gasteiger partial charge on any atom is 0.0973 e. The second-order valence-electron chi connectivity index (χ2n) is 2.35. The van der Waals surface area contributed by atoms with Crippen molar-refractivity contribution in [1.29, 1.82) is 0 Å². The first-order valence-electron chi connectivity index (χ1n) is 3.24. The van der Waals surface area contributed by atoms with Crippen molar-refractivity contribution < 1.29 is 10.1 Å². The number of nitrogens with two attached hydrogens (primary N) is 1. The van der Waals surface area contributed by atoms with Crippen LogP contribution in [0, 0.1) is 5.92 Å². The molecule has 0 radical (unpaired) electrons. The molecule has 0 amide bonds. The van der Waals surface area contributed by atoms with Gasteiger partial charge < -0.3 is 5.73 Å². The lowest BCUT2D eigenvalue weighted by atomic mass is 10.0. The Balaban J connectivity index is 3.32. The van der Waals surface area contributed by atoms with Crippen LogP contribution >= 0.6 is 0 Å². The molecule has 1 unspecified atom stereocenters. The van der Waals surface area contributed by atoms with E-state index in [1.807, 2.05) is 6.92 Å². The van der Waals surface area contributed by atoms with Gasteiger partial charge in [-0.2, -0.15) is 0 Å². The molecule has 0 bridgehead atoms. The van der Waals surface area contributed by atoms with Gasteiger partial charge in [0.15, 0.2) is 0 Å². The van der Waals surface area contributed by atoms with Gasteiger partial charge in [-0.3, -0.25) is 5.26 Å². The molecule has 56 valence electrons. The highest BCUT2D eigenvalue weighted by Gasteiger charge is 2.09. The molecular formula is C6H15NO2.